The lowest BCUT2D eigenvalue weighted by Gasteiger charge is -2.13. The van der Waals surface area contributed by atoms with Gasteiger partial charge in [-0.2, -0.15) is 0 Å². The zero-order valence-electron chi connectivity index (χ0n) is 28.4. The van der Waals surface area contributed by atoms with Crippen molar-refractivity contribution in [3.05, 3.63) is 111 Å². The third-order valence-corrected chi connectivity index (χ3v) is 4.55. The number of aliphatic hydroxyl groups is 2. The molecule has 0 aromatic heterocycles. The molecule has 0 aliphatic carbocycles. The molecule has 3 N–H and O–H groups in total. The molecule has 12 nitrogen and oxygen atoms in total. The Morgan fingerprint density at radius 1 is 0.740 bits per heavy atom. The number of allylic oxidation sites excluding steroid dienone is 9. The summed E-state index contributed by atoms with van der Waals surface area (Å²) in [6.07, 6.45) is 22.6. The molecule has 1 heterocycles. The predicted molar refractivity (Wildman–Crippen MR) is 200 cm³/mol. The molecule has 1 aliphatic heterocycles. The predicted octanol–water partition coefficient (Wildman–Crippen LogP) is 5.51. The number of hydrogen-bond acceptors (Lipinski definition) is 11. The largest absolute Gasteiger partial charge is 0.478 e. The highest BCUT2D eigenvalue weighted by Crippen LogP contribution is 2.07. The van der Waals surface area contributed by atoms with Crippen LogP contribution >= 0.6 is 0 Å². The van der Waals surface area contributed by atoms with Crippen LogP contribution in [0.1, 0.15) is 35.6 Å². The fraction of sp³-hybridized carbons (Fsp3) is 0.447. The summed E-state index contributed by atoms with van der Waals surface area (Å²) in [5, 5.41) is 26.3. The maximum atomic E-state index is 11.2. The first kappa shape index (κ1) is 55.2. The third-order valence-electron chi connectivity index (χ3n) is 4.55. The molecule has 0 aromatic carbocycles. The van der Waals surface area contributed by atoms with Crippen LogP contribution in [0.3, 0.4) is 0 Å². The lowest BCUT2D eigenvalue weighted by atomic mass is 10.4. The Hall–Kier alpha value is -4.17. The fourth-order valence-corrected chi connectivity index (χ4v) is 2.36. The summed E-state index contributed by atoms with van der Waals surface area (Å²) >= 11 is 0. The molecule has 286 valence electrons. The molecule has 1 fully saturated rings. The number of esters is 2. The maximum absolute atomic E-state index is 11.2. The third kappa shape index (κ3) is 50.7. The quantitative estimate of drug-likeness (QED) is 0.0322. The minimum Gasteiger partial charge on any atom is -0.478 e. The number of aliphatic hydroxyl groups excluding tert-OH is 2. The molecule has 3 unspecified atom stereocenters. The van der Waals surface area contributed by atoms with Gasteiger partial charge in [0, 0.05) is 18.2 Å². The van der Waals surface area contributed by atoms with Gasteiger partial charge < -0.3 is 43.7 Å². The second-order valence-electron chi connectivity index (χ2n) is 8.95. The van der Waals surface area contributed by atoms with Gasteiger partial charge in [0.05, 0.1) is 52.9 Å². The standard InChI is InChI=1S/2C12H18O4.C6H10O2.C6H8O2.2CH4/c1-3-5-6-7-12(14)16-10-11(13)9-15-8-4-2;1-3-5-6-7-12(14)16-11(9-13)10-15-8-4-2;1-2-3-7-4-6-5-8-6;1-2-3-4-5-6(7)8;;/h2*3-7,11,13H,2,8-10H2,1H3;2,6H,1,3-5H2;2-5H,1H3,(H,7,8);2*1H4/b2*5-3+,7-6+;;3-2+,5-4+;;. The van der Waals surface area contributed by atoms with Crippen molar-refractivity contribution in [2.45, 2.75) is 53.9 Å². The van der Waals surface area contributed by atoms with Gasteiger partial charge in [-0.1, -0.05) is 87.8 Å². The molecule has 1 rings (SSSR count). The van der Waals surface area contributed by atoms with Crippen LogP contribution in [0.5, 0.6) is 0 Å². The van der Waals surface area contributed by atoms with Crippen LogP contribution in [-0.4, -0.2) is 111 Å². The van der Waals surface area contributed by atoms with Crippen molar-refractivity contribution in [2.24, 2.45) is 0 Å². The number of hydrogen-bond donors (Lipinski definition) is 3. The highest BCUT2D eigenvalue weighted by Gasteiger charge is 2.21. The average molecular weight is 711 g/mol. The van der Waals surface area contributed by atoms with Gasteiger partial charge in [0.1, 0.15) is 24.9 Å². The minimum absolute atomic E-state index is 0. The molecule has 1 aliphatic rings. The first-order chi connectivity index (χ1) is 23.1. The Kier molecular flexibility index (Phi) is 49.5. The lowest BCUT2D eigenvalue weighted by molar-refractivity contribution is -0.148. The first-order valence-corrected chi connectivity index (χ1v) is 15.1. The zero-order chi connectivity index (χ0) is 36.7. The normalized spacial score (nSPS) is 14.2. The van der Waals surface area contributed by atoms with E-state index in [0.717, 1.165) is 19.3 Å². The van der Waals surface area contributed by atoms with Crippen LogP contribution in [0.2, 0.25) is 0 Å². The summed E-state index contributed by atoms with van der Waals surface area (Å²) in [7, 11) is 0. The van der Waals surface area contributed by atoms with Crippen molar-refractivity contribution >= 4 is 17.9 Å². The molecule has 0 saturated carbocycles. The van der Waals surface area contributed by atoms with Crippen molar-refractivity contribution in [2.75, 3.05) is 59.5 Å². The Bertz CT molecular complexity index is 1020. The van der Waals surface area contributed by atoms with Gasteiger partial charge in [-0.3, -0.25) is 0 Å². The monoisotopic (exact) mass is 710 g/mol. The molecule has 50 heavy (non-hydrogen) atoms. The highest BCUT2D eigenvalue weighted by molar-refractivity contribution is 5.82. The molecule has 1 saturated heterocycles. The van der Waals surface area contributed by atoms with E-state index >= 15 is 0 Å². The molecule has 0 radical (unpaired) electrons. The second-order valence-corrected chi connectivity index (χ2v) is 8.95. The van der Waals surface area contributed by atoms with E-state index in [4.69, 9.17) is 38.6 Å². The second kappa shape index (κ2) is 44.8. The number of rotatable bonds is 22. The van der Waals surface area contributed by atoms with Crippen molar-refractivity contribution < 1.29 is 58.1 Å². The van der Waals surface area contributed by atoms with Crippen molar-refractivity contribution in [3.63, 3.8) is 0 Å². The van der Waals surface area contributed by atoms with Crippen LogP contribution in [0, 0.1) is 0 Å². The van der Waals surface area contributed by atoms with E-state index < -0.39 is 30.1 Å². The summed E-state index contributed by atoms with van der Waals surface area (Å²) in [6.45, 7) is 18.9. The molecule has 3 atom stereocenters. The van der Waals surface area contributed by atoms with Gasteiger partial charge in [0.2, 0.25) is 0 Å². The number of aliphatic carboxylic acids is 1. The number of carboxylic acid groups (broad SMARTS) is 1. The topological polar surface area (TPSA) is 171 Å². The highest BCUT2D eigenvalue weighted by atomic mass is 16.6. The van der Waals surface area contributed by atoms with Crippen molar-refractivity contribution in [1.82, 2.24) is 0 Å². The molecular formula is C38H62O12. The smallest absolute Gasteiger partial charge is 0.331 e. The summed E-state index contributed by atoms with van der Waals surface area (Å²) in [5.74, 6) is -1.90. The number of carboxylic acids is 1. The molecule has 0 amide bonds. The van der Waals surface area contributed by atoms with E-state index in [2.05, 4.69) is 19.7 Å². The Morgan fingerprint density at radius 2 is 1.20 bits per heavy atom. The average Bonchev–Trinajstić information content (AvgIpc) is 3.89. The van der Waals surface area contributed by atoms with Crippen LogP contribution in [0.25, 0.3) is 0 Å². The summed E-state index contributed by atoms with van der Waals surface area (Å²) in [5.41, 5.74) is 0. The van der Waals surface area contributed by atoms with E-state index in [9.17, 15) is 19.5 Å². The van der Waals surface area contributed by atoms with Crippen LogP contribution < -0.4 is 0 Å². The summed E-state index contributed by atoms with van der Waals surface area (Å²) in [6, 6.07) is 0. The minimum atomic E-state index is -0.914. The Balaban J connectivity index is -0.000000186. The van der Waals surface area contributed by atoms with Gasteiger partial charge in [0.25, 0.3) is 0 Å². The Morgan fingerprint density at radius 3 is 1.64 bits per heavy atom. The number of carbonyl (C=O) groups excluding carboxylic acids is 2. The van der Waals surface area contributed by atoms with Gasteiger partial charge in [-0.25, -0.2) is 14.4 Å². The molecule has 0 aromatic rings. The van der Waals surface area contributed by atoms with E-state index in [0.29, 0.717) is 25.9 Å². The lowest BCUT2D eigenvalue weighted by Crippen LogP contribution is -2.26. The van der Waals surface area contributed by atoms with Crippen LogP contribution in [0.4, 0.5) is 0 Å². The summed E-state index contributed by atoms with van der Waals surface area (Å²) in [4.78, 5) is 32.0. The van der Waals surface area contributed by atoms with Crippen LogP contribution in [-0.2, 0) is 42.8 Å². The molecule has 12 heteroatoms. The molecule has 0 bridgehead atoms. The van der Waals surface area contributed by atoms with Crippen molar-refractivity contribution in [3.8, 4) is 0 Å². The number of ether oxygens (including phenoxy) is 6. The molecule has 0 spiro atoms. The SMILES string of the molecule is C.C.C/C=C/C=C/C(=O)O.C=CCOCC(CO)OC(=O)/C=C/C=C/C.C=CCOCC(O)COC(=O)/C=C/C=C/C.C=CCOCC1CO1. The number of epoxide rings is 1. The van der Waals surface area contributed by atoms with Gasteiger partial charge >= 0.3 is 17.9 Å². The number of carbonyl (C=O) groups is 3. The van der Waals surface area contributed by atoms with Gasteiger partial charge in [-0.15, -0.1) is 19.7 Å². The van der Waals surface area contributed by atoms with E-state index in [1.807, 2.05) is 20.8 Å². The first-order valence-electron chi connectivity index (χ1n) is 15.1. The van der Waals surface area contributed by atoms with Gasteiger partial charge in [0.15, 0.2) is 0 Å². The Labute approximate surface area is 300 Å². The fourth-order valence-electron chi connectivity index (χ4n) is 2.36. The maximum Gasteiger partial charge on any atom is 0.331 e. The van der Waals surface area contributed by atoms with Crippen molar-refractivity contribution in [1.29, 1.82) is 0 Å². The van der Waals surface area contributed by atoms with E-state index in [-0.39, 0.29) is 41.3 Å². The summed E-state index contributed by atoms with van der Waals surface area (Å²) < 4.78 is 29.7. The van der Waals surface area contributed by atoms with E-state index in [1.165, 1.54) is 18.2 Å². The zero-order valence-corrected chi connectivity index (χ0v) is 28.4. The van der Waals surface area contributed by atoms with E-state index in [1.54, 1.807) is 66.8 Å². The van der Waals surface area contributed by atoms with Crippen LogP contribution in [0.15, 0.2) is 111 Å². The molecular weight excluding hydrogens is 648 g/mol. The van der Waals surface area contributed by atoms with Gasteiger partial charge in [-0.05, 0) is 20.8 Å².